The zero-order valence-electron chi connectivity index (χ0n) is 33.8. The van der Waals surface area contributed by atoms with E-state index in [0.717, 1.165) is 32.1 Å². The number of hydrogen-bond donors (Lipinski definition) is 0. The molecule has 0 saturated carbocycles. The molecule has 0 radical (unpaired) electrons. The number of alkyl halides is 6. The maximum Gasteiger partial charge on any atom is 0.436 e. The zero-order chi connectivity index (χ0) is 44.0. The molecule has 2 saturated heterocycles. The number of benzene rings is 2. The number of carbonyl (C=O) groups is 1. The summed E-state index contributed by atoms with van der Waals surface area (Å²) in [6.07, 6.45) is -9.70. The summed E-state index contributed by atoms with van der Waals surface area (Å²) < 4.78 is 86.4. The third kappa shape index (κ3) is 9.71. The molecule has 0 bridgehead atoms. The van der Waals surface area contributed by atoms with Gasteiger partial charge in [-0.1, -0.05) is 46.4 Å². The van der Waals surface area contributed by atoms with Crippen LogP contribution in [0.25, 0.3) is 0 Å². The largest absolute Gasteiger partial charge is 0.436 e. The van der Waals surface area contributed by atoms with Crippen molar-refractivity contribution in [1.29, 1.82) is 0 Å². The number of rotatable bonds is 12. The highest BCUT2D eigenvalue weighted by Gasteiger charge is 2.43. The maximum absolute atomic E-state index is 15.3. The van der Waals surface area contributed by atoms with Crippen molar-refractivity contribution < 1.29 is 31.1 Å². The van der Waals surface area contributed by atoms with Gasteiger partial charge in [-0.2, -0.15) is 36.5 Å². The summed E-state index contributed by atoms with van der Waals surface area (Å²) >= 11 is 25.2. The summed E-state index contributed by atoms with van der Waals surface area (Å²) in [5.41, 5.74) is 0.926. The Hall–Kier alpha value is -3.61. The Morgan fingerprint density at radius 2 is 0.950 bits per heavy atom. The van der Waals surface area contributed by atoms with Gasteiger partial charge >= 0.3 is 12.4 Å². The number of anilines is 4. The van der Waals surface area contributed by atoms with Gasteiger partial charge in [0.2, 0.25) is 0 Å². The molecule has 4 aromatic rings. The van der Waals surface area contributed by atoms with Gasteiger partial charge in [-0.15, -0.1) is 0 Å². The number of carbonyl (C=O) groups excluding carboxylic acids is 1. The monoisotopic (exact) mass is 924 g/mol. The van der Waals surface area contributed by atoms with E-state index < -0.39 is 51.7 Å². The van der Waals surface area contributed by atoms with E-state index in [2.05, 4.69) is 20.0 Å². The molecule has 60 heavy (non-hydrogen) atoms. The predicted octanol–water partition coefficient (Wildman–Crippen LogP) is 8.13. The summed E-state index contributed by atoms with van der Waals surface area (Å²) in [6, 6.07) is 9.19. The van der Waals surface area contributed by atoms with Gasteiger partial charge in [-0.25, -0.2) is 0 Å². The third-order valence-electron chi connectivity index (χ3n) is 11.2. The fraction of sp³-hybridized carbons (Fsp3) is 0.513. The van der Waals surface area contributed by atoms with Gasteiger partial charge in [0.05, 0.1) is 68.0 Å². The Kier molecular flexibility index (Phi) is 13.8. The summed E-state index contributed by atoms with van der Waals surface area (Å²) in [6.45, 7) is 5.31. The first kappa shape index (κ1) is 45.9. The van der Waals surface area contributed by atoms with Crippen molar-refractivity contribution in [3.05, 3.63) is 79.3 Å². The van der Waals surface area contributed by atoms with Crippen LogP contribution in [0.2, 0.25) is 20.1 Å². The minimum atomic E-state index is -4.85. The molecule has 0 aliphatic carbocycles. The summed E-state index contributed by atoms with van der Waals surface area (Å²) in [7, 11) is 7.52. The fourth-order valence-corrected chi connectivity index (χ4v) is 8.81. The maximum atomic E-state index is 15.3. The molecule has 6 rings (SSSR count). The first-order valence-electron chi connectivity index (χ1n) is 19.1. The van der Waals surface area contributed by atoms with E-state index in [1.165, 1.54) is 13.8 Å². The van der Waals surface area contributed by atoms with Crippen molar-refractivity contribution in [1.82, 2.24) is 29.4 Å². The highest BCUT2D eigenvalue weighted by Crippen LogP contribution is 2.38. The van der Waals surface area contributed by atoms with E-state index in [4.69, 9.17) is 46.4 Å². The molecule has 4 heterocycles. The van der Waals surface area contributed by atoms with Crippen LogP contribution in [0.1, 0.15) is 22.8 Å². The number of Topliss-reactive ketones (excluding diaryl/α,β-unsaturated/α-hetero) is 1. The van der Waals surface area contributed by atoms with Gasteiger partial charge in [0, 0.05) is 91.9 Å². The summed E-state index contributed by atoms with van der Waals surface area (Å²) in [4.78, 5) is 27.2. The standard InChI is InChI=1S/C39H46Cl4F6N10O/c1-23-33(42)36(38(44,45)46)50-58(23)21-31(56-15-11-54(12-16-56)25-7-9-27(40)29(19-25)52(3)4)35(60)32(22-59-24(2)34(43)37(51-59)39(47,48)49)57-17-13-55(14-18-57)26-8-10-28(41)30(20-26)53(5)6/h7-10,19-20,31-32H,11-18,21-22H2,1-6H3. The second-order valence-corrected chi connectivity index (χ2v) is 17.0. The Morgan fingerprint density at radius 1 is 0.617 bits per heavy atom. The molecule has 328 valence electrons. The Labute approximate surface area is 364 Å². The highest BCUT2D eigenvalue weighted by molar-refractivity contribution is 6.34. The molecule has 0 N–H and O–H groups in total. The van der Waals surface area contributed by atoms with Gasteiger partial charge in [-0.05, 0) is 50.2 Å². The summed E-state index contributed by atoms with van der Waals surface area (Å²) in [5.74, 6) is -0.418. The van der Waals surface area contributed by atoms with Gasteiger partial charge in [0.1, 0.15) is 0 Å². The predicted molar refractivity (Wildman–Crippen MR) is 226 cm³/mol. The van der Waals surface area contributed by atoms with Crippen LogP contribution in [0.5, 0.6) is 0 Å². The van der Waals surface area contributed by atoms with Crippen molar-refractivity contribution in [3.63, 3.8) is 0 Å². The average Bonchev–Trinajstić information content (AvgIpc) is 3.65. The summed E-state index contributed by atoms with van der Waals surface area (Å²) in [5, 5.41) is 7.67. The molecule has 2 fully saturated rings. The van der Waals surface area contributed by atoms with Crippen LogP contribution in [-0.2, 0) is 30.2 Å². The number of ketones is 1. The van der Waals surface area contributed by atoms with Crippen molar-refractivity contribution >= 4 is 74.9 Å². The van der Waals surface area contributed by atoms with E-state index in [0.29, 0.717) is 62.4 Å². The van der Waals surface area contributed by atoms with Crippen molar-refractivity contribution in [3.8, 4) is 0 Å². The number of nitrogens with zero attached hydrogens (tertiary/aromatic N) is 10. The van der Waals surface area contributed by atoms with E-state index in [-0.39, 0.29) is 24.5 Å². The van der Waals surface area contributed by atoms with Crippen LogP contribution in [0, 0.1) is 13.8 Å². The van der Waals surface area contributed by atoms with Gasteiger partial charge in [-0.3, -0.25) is 24.0 Å². The van der Waals surface area contributed by atoms with Crippen LogP contribution in [0.15, 0.2) is 36.4 Å². The first-order valence-corrected chi connectivity index (χ1v) is 20.6. The third-order valence-corrected chi connectivity index (χ3v) is 12.8. The van der Waals surface area contributed by atoms with E-state index in [1.54, 1.807) is 12.1 Å². The van der Waals surface area contributed by atoms with Crippen LogP contribution >= 0.6 is 46.4 Å². The normalized spacial score (nSPS) is 17.0. The SMILES string of the molecule is Cc1c(Cl)c(C(F)(F)F)nn1CC(C(=O)C(Cn1nc(C(F)(F)F)c(Cl)c1C)N1CCN(c2ccc(Cl)c(N(C)C)c2)CC1)N1CCN(c2ccc(Cl)c(N(C)C)c2)CC1. The second-order valence-electron chi connectivity index (χ2n) is 15.4. The minimum absolute atomic E-state index is 0.0209. The Bertz CT molecular complexity index is 2030. The molecule has 2 aromatic heterocycles. The second kappa shape index (κ2) is 18.0. The molecule has 0 spiro atoms. The molecule has 11 nitrogen and oxygen atoms in total. The molecular formula is C39H46Cl4F6N10O. The lowest BCUT2D eigenvalue weighted by atomic mass is 9.99. The lowest BCUT2D eigenvalue weighted by molar-refractivity contribution is -0.142. The van der Waals surface area contributed by atoms with E-state index >= 15 is 4.79 Å². The van der Waals surface area contributed by atoms with Crippen LogP contribution in [0.4, 0.5) is 49.1 Å². The van der Waals surface area contributed by atoms with Crippen molar-refractivity contribution in [2.24, 2.45) is 0 Å². The van der Waals surface area contributed by atoms with E-state index in [1.807, 2.05) is 72.1 Å². The number of hydrogen-bond acceptors (Lipinski definition) is 9. The molecule has 21 heteroatoms. The number of piperazine rings is 2. The smallest absolute Gasteiger partial charge is 0.376 e. The quantitative estimate of drug-likeness (QED) is 0.131. The topological polar surface area (TPSA) is 72.1 Å². The zero-order valence-corrected chi connectivity index (χ0v) is 36.9. The molecule has 2 unspecified atom stereocenters. The highest BCUT2D eigenvalue weighted by atomic mass is 35.5. The van der Waals surface area contributed by atoms with Crippen LogP contribution in [0.3, 0.4) is 0 Å². The van der Waals surface area contributed by atoms with Gasteiger partial charge in [0.25, 0.3) is 0 Å². The number of aromatic nitrogens is 4. The van der Waals surface area contributed by atoms with Crippen LogP contribution < -0.4 is 19.6 Å². The van der Waals surface area contributed by atoms with Crippen LogP contribution in [-0.4, -0.2) is 128 Å². The Morgan fingerprint density at radius 3 is 1.23 bits per heavy atom. The Balaban J connectivity index is 1.36. The lowest BCUT2D eigenvalue weighted by Gasteiger charge is -2.44. The minimum Gasteiger partial charge on any atom is -0.376 e. The fourth-order valence-electron chi connectivity index (χ4n) is 7.75. The molecule has 2 atom stereocenters. The van der Waals surface area contributed by atoms with Crippen molar-refractivity contribution in [2.45, 2.75) is 51.4 Å². The molecule has 2 aliphatic heterocycles. The van der Waals surface area contributed by atoms with E-state index in [9.17, 15) is 26.3 Å². The van der Waals surface area contributed by atoms with Gasteiger partial charge in [0.15, 0.2) is 17.2 Å². The lowest BCUT2D eigenvalue weighted by Crippen LogP contribution is -2.61. The van der Waals surface area contributed by atoms with Gasteiger partial charge < -0.3 is 19.6 Å². The molecular weight excluding hydrogens is 880 g/mol. The molecule has 0 amide bonds. The molecule has 2 aliphatic rings. The number of halogens is 10. The molecule has 2 aromatic carbocycles. The average molecular weight is 927 g/mol. The van der Waals surface area contributed by atoms with Crippen molar-refractivity contribution in [2.75, 3.05) is 100 Å². The first-order chi connectivity index (χ1) is 28.1.